The SMILES string of the molecule is CC(C)(C)CCOc1ccc(C(F)(F)F)cc1C(=O)O. The van der Waals surface area contributed by atoms with Crippen LogP contribution in [0.15, 0.2) is 18.2 Å². The number of hydrogen-bond acceptors (Lipinski definition) is 2. The van der Waals surface area contributed by atoms with E-state index in [1.807, 2.05) is 20.8 Å². The zero-order valence-electron chi connectivity index (χ0n) is 11.5. The molecule has 3 nitrogen and oxygen atoms in total. The molecule has 0 aliphatic heterocycles. The van der Waals surface area contributed by atoms with Crippen molar-refractivity contribution in [2.45, 2.75) is 33.4 Å². The molecule has 0 radical (unpaired) electrons. The standard InChI is InChI=1S/C14H17F3O3/c1-13(2,3)6-7-20-11-5-4-9(14(15,16)17)8-10(11)12(18)19/h4-5,8H,6-7H2,1-3H3,(H,18,19). The summed E-state index contributed by atoms with van der Waals surface area (Å²) in [6.07, 6.45) is -3.92. The van der Waals surface area contributed by atoms with E-state index in [0.29, 0.717) is 12.5 Å². The molecule has 1 rings (SSSR count). The van der Waals surface area contributed by atoms with Crippen LogP contribution in [0.5, 0.6) is 5.75 Å². The van der Waals surface area contributed by atoms with Crippen LogP contribution < -0.4 is 4.74 Å². The van der Waals surface area contributed by atoms with Gasteiger partial charge in [0, 0.05) is 0 Å². The molecule has 0 bridgehead atoms. The first kappa shape index (κ1) is 16.3. The molecular weight excluding hydrogens is 273 g/mol. The number of aromatic carboxylic acids is 1. The number of rotatable bonds is 4. The molecule has 0 saturated carbocycles. The molecule has 0 spiro atoms. The summed E-state index contributed by atoms with van der Waals surface area (Å²) in [4.78, 5) is 11.0. The highest BCUT2D eigenvalue weighted by atomic mass is 19.4. The lowest BCUT2D eigenvalue weighted by molar-refractivity contribution is -0.137. The van der Waals surface area contributed by atoms with Gasteiger partial charge >= 0.3 is 12.1 Å². The monoisotopic (exact) mass is 290 g/mol. The first-order valence-corrected chi connectivity index (χ1v) is 6.08. The Morgan fingerprint density at radius 3 is 2.30 bits per heavy atom. The maximum atomic E-state index is 12.5. The second-order valence-electron chi connectivity index (χ2n) is 5.67. The molecule has 20 heavy (non-hydrogen) atoms. The maximum absolute atomic E-state index is 12.5. The Kier molecular flexibility index (Phi) is 4.68. The highest BCUT2D eigenvalue weighted by Gasteiger charge is 2.32. The van der Waals surface area contributed by atoms with Crippen LogP contribution in [0.25, 0.3) is 0 Å². The van der Waals surface area contributed by atoms with E-state index in [0.717, 1.165) is 12.1 Å². The summed E-state index contributed by atoms with van der Waals surface area (Å²) in [6.45, 7) is 6.21. The van der Waals surface area contributed by atoms with Gasteiger partial charge in [0.15, 0.2) is 0 Å². The third-order valence-electron chi connectivity index (χ3n) is 2.65. The number of halogens is 3. The van der Waals surface area contributed by atoms with Crippen LogP contribution in [0.2, 0.25) is 0 Å². The van der Waals surface area contributed by atoms with Crippen molar-refractivity contribution in [3.05, 3.63) is 29.3 Å². The molecule has 0 fully saturated rings. The zero-order valence-corrected chi connectivity index (χ0v) is 11.5. The molecule has 0 aliphatic rings. The first-order chi connectivity index (χ1) is 9.00. The fourth-order valence-electron chi connectivity index (χ4n) is 1.47. The summed E-state index contributed by atoms with van der Waals surface area (Å²) in [6, 6.07) is 2.46. The lowest BCUT2D eigenvalue weighted by atomic mass is 9.93. The molecule has 0 atom stereocenters. The van der Waals surface area contributed by atoms with Gasteiger partial charge in [-0.15, -0.1) is 0 Å². The van der Waals surface area contributed by atoms with E-state index in [9.17, 15) is 18.0 Å². The lowest BCUT2D eigenvalue weighted by Gasteiger charge is -2.19. The number of alkyl halides is 3. The van der Waals surface area contributed by atoms with E-state index >= 15 is 0 Å². The van der Waals surface area contributed by atoms with Crippen molar-refractivity contribution in [3.8, 4) is 5.75 Å². The third-order valence-corrected chi connectivity index (χ3v) is 2.65. The van der Waals surface area contributed by atoms with Crippen molar-refractivity contribution in [2.75, 3.05) is 6.61 Å². The Morgan fingerprint density at radius 1 is 1.25 bits per heavy atom. The number of carbonyl (C=O) groups is 1. The Balaban J connectivity index is 2.94. The summed E-state index contributed by atoms with van der Waals surface area (Å²) >= 11 is 0. The van der Waals surface area contributed by atoms with E-state index in [1.54, 1.807) is 0 Å². The van der Waals surface area contributed by atoms with Crippen molar-refractivity contribution in [2.24, 2.45) is 5.41 Å². The Hall–Kier alpha value is -1.72. The average molecular weight is 290 g/mol. The van der Waals surface area contributed by atoms with Gasteiger partial charge in [-0.05, 0) is 30.0 Å². The third kappa shape index (κ3) is 4.75. The molecular formula is C14H17F3O3. The second-order valence-corrected chi connectivity index (χ2v) is 5.67. The summed E-state index contributed by atoms with van der Waals surface area (Å²) < 4.78 is 42.9. The largest absolute Gasteiger partial charge is 0.493 e. The fraction of sp³-hybridized carbons (Fsp3) is 0.500. The zero-order chi connectivity index (χ0) is 15.6. The van der Waals surface area contributed by atoms with E-state index in [2.05, 4.69) is 0 Å². The van der Waals surface area contributed by atoms with E-state index in [1.165, 1.54) is 0 Å². The molecule has 1 N–H and O–H groups in total. The van der Waals surface area contributed by atoms with Gasteiger partial charge in [0.05, 0.1) is 12.2 Å². The Labute approximate surface area is 115 Å². The minimum absolute atomic E-state index is 0.00467. The molecule has 0 aliphatic carbocycles. The highest BCUT2D eigenvalue weighted by Crippen LogP contribution is 2.33. The van der Waals surface area contributed by atoms with Crippen LogP contribution in [-0.4, -0.2) is 17.7 Å². The second kappa shape index (κ2) is 5.73. The average Bonchev–Trinajstić information content (AvgIpc) is 2.25. The Bertz CT molecular complexity index is 487. The highest BCUT2D eigenvalue weighted by molar-refractivity contribution is 5.91. The van der Waals surface area contributed by atoms with E-state index in [4.69, 9.17) is 9.84 Å². The van der Waals surface area contributed by atoms with Crippen molar-refractivity contribution in [3.63, 3.8) is 0 Å². The van der Waals surface area contributed by atoms with Gasteiger partial charge in [-0.2, -0.15) is 13.2 Å². The lowest BCUT2D eigenvalue weighted by Crippen LogP contribution is -2.13. The predicted molar refractivity (Wildman–Crippen MR) is 68.0 cm³/mol. The summed E-state index contributed by atoms with van der Waals surface area (Å²) in [5.74, 6) is -1.49. The molecule has 6 heteroatoms. The molecule has 0 aromatic heterocycles. The van der Waals surface area contributed by atoms with Gasteiger partial charge in [-0.3, -0.25) is 0 Å². The normalized spacial score (nSPS) is 12.3. The van der Waals surface area contributed by atoms with Crippen molar-refractivity contribution >= 4 is 5.97 Å². The molecule has 0 heterocycles. The van der Waals surface area contributed by atoms with Crippen LogP contribution in [0.1, 0.15) is 43.1 Å². The smallest absolute Gasteiger partial charge is 0.416 e. The molecule has 1 aromatic carbocycles. The van der Waals surface area contributed by atoms with Gasteiger partial charge < -0.3 is 9.84 Å². The van der Waals surface area contributed by atoms with Gasteiger partial charge in [0.1, 0.15) is 11.3 Å². The first-order valence-electron chi connectivity index (χ1n) is 6.08. The fourth-order valence-corrected chi connectivity index (χ4v) is 1.47. The number of ether oxygens (including phenoxy) is 1. The summed E-state index contributed by atoms with van der Waals surface area (Å²) in [5, 5.41) is 8.97. The van der Waals surface area contributed by atoms with Gasteiger partial charge in [0.25, 0.3) is 0 Å². The molecule has 0 saturated heterocycles. The van der Waals surface area contributed by atoms with Gasteiger partial charge in [-0.25, -0.2) is 4.79 Å². The van der Waals surface area contributed by atoms with Crippen LogP contribution in [0.3, 0.4) is 0 Å². The van der Waals surface area contributed by atoms with E-state index < -0.39 is 23.3 Å². The quantitative estimate of drug-likeness (QED) is 0.903. The van der Waals surface area contributed by atoms with Gasteiger partial charge in [-0.1, -0.05) is 20.8 Å². The Morgan fingerprint density at radius 2 is 1.85 bits per heavy atom. The van der Waals surface area contributed by atoms with Crippen molar-refractivity contribution in [1.29, 1.82) is 0 Å². The van der Waals surface area contributed by atoms with Crippen LogP contribution >= 0.6 is 0 Å². The topological polar surface area (TPSA) is 46.5 Å². The van der Waals surface area contributed by atoms with Crippen LogP contribution in [0.4, 0.5) is 13.2 Å². The van der Waals surface area contributed by atoms with Crippen LogP contribution in [-0.2, 0) is 6.18 Å². The number of hydrogen-bond donors (Lipinski definition) is 1. The minimum atomic E-state index is -4.58. The maximum Gasteiger partial charge on any atom is 0.416 e. The van der Waals surface area contributed by atoms with Gasteiger partial charge in [0.2, 0.25) is 0 Å². The number of carboxylic acid groups (broad SMARTS) is 1. The van der Waals surface area contributed by atoms with Crippen molar-refractivity contribution < 1.29 is 27.8 Å². The number of benzene rings is 1. The summed E-state index contributed by atoms with van der Waals surface area (Å²) in [5.41, 5.74) is -1.48. The number of carboxylic acids is 1. The minimum Gasteiger partial charge on any atom is -0.493 e. The molecule has 0 amide bonds. The molecule has 1 aromatic rings. The van der Waals surface area contributed by atoms with Crippen LogP contribution in [0, 0.1) is 5.41 Å². The predicted octanol–water partition coefficient (Wildman–Crippen LogP) is 4.22. The van der Waals surface area contributed by atoms with Crippen molar-refractivity contribution in [1.82, 2.24) is 0 Å². The molecule has 0 unspecified atom stereocenters. The van der Waals surface area contributed by atoms with E-state index in [-0.39, 0.29) is 17.8 Å². The summed E-state index contributed by atoms with van der Waals surface area (Å²) in [7, 11) is 0. The molecule has 112 valence electrons.